The molecule has 2 rings (SSSR count). The van der Waals surface area contributed by atoms with Crippen LogP contribution < -0.4 is 4.74 Å². The van der Waals surface area contributed by atoms with Gasteiger partial charge in [0.05, 0.1) is 5.70 Å². The van der Waals surface area contributed by atoms with Crippen molar-refractivity contribution < 1.29 is 23.8 Å². The summed E-state index contributed by atoms with van der Waals surface area (Å²) in [7, 11) is 0. The van der Waals surface area contributed by atoms with Crippen molar-refractivity contribution in [2.45, 2.75) is 46.5 Å². The van der Waals surface area contributed by atoms with Gasteiger partial charge in [-0.25, -0.2) is 9.59 Å². The molecule has 2 aromatic carbocycles. The third-order valence-electron chi connectivity index (χ3n) is 3.56. The second-order valence-corrected chi connectivity index (χ2v) is 7.49. The van der Waals surface area contributed by atoms with Gasteiger partial charge in [-0.3, -0.25) is 0 Å². The maximum Gasteiger partial charge on any atom is 0.452 e. The van der Waals surface area contributed by atoms with Crippen molar-refractivity contribution in [2.75, 3.05) is 0 Å². The maximum absolute atomic E-state index is 11.9. The van der Waals surface area contributed by atoms with Crippen LogP contribution in [0.1, 0.15) is 38.8 Å². The molecule has 0 saturated heterocycles. The highest BCUT2D eigenvalue weighted by Crippen LogP contribution is 2.15. The van der Waals surface area contributed by atoms with Gasteiger partial charge in [-0.2, -0.15) is 0 Å². The Bertz CT molecular complexity index is 897. The second kappa shape index (κ2) is 10.9. The van der Waals surface area contributed by atoms with Crippen LogP contribution in [0.4, 0.5) is 4.79 Å². The highest BCUT2D eigenvalue weighted by Gasteiger charge is 2.15. The zero-order valence-electron chi connectivity index (χ0n) is 17.6. The normalized spacial score (nSPS) is 11.9. The molecule has 158 valence electrons. The number of allylic oxidation sites excluding steroid dienone is 1. The van der Waals surface area contributed by atoms with Crippen LogP contribution in [0.5, 0.6) is 5.75 Å². The van der Waals surface area contributed by atoms with E-state index >= 15 is 0 Å². The lowest BCUT2D eigenvalue weighted by molar-refractivity contribution is -0.139. The van der Waals surface area contributed by atoms with Gasteiger partial charge in [0.2, 0.25) is 0 Å². The van der Waals surface area contributed by atoms with Gasteiger partial charge in [0.15, 0.2) is 0 Å². The van der Waals surface area contributed by atoms with Crippen molar-refractivity contribution in [3.8, 4) is 5.75 Å². The topological polar surface area (TPSA) is 86.5 Å². The SMILES string of the molecule is C/C(=C\C(=O)OCc1ccc(OCc2ccccc2)cc1)N=NC(=O)OC(C)(C)C. The van der Waals surface area contributed by atoms with Crippen molar-refractivity contribution in [3.05, 3.63) is 77.5 Å². The standard InChI is InChI=1S/C23H26N2O5/c1-17(24-25-22(27)30-23(2,3)4)14-21(26)29-16-19-10-12-20(13-11-19)28-15-18-8-6-5-7-9-18/h5-14H,15-16H2,1-4H3/b17-14+,25-24?. The first kappa shape index (κ1) is 22.8. The van der Waals surface area contributed by atoms with E-state index in [0.29, 0.717) is 6.61 Å². The van der Waals surface area contributed by atoms with Crippen molar-refractivity contribution in [1.29, 1.82) is 0 Å². The van der Waals surface area contributed by atoms with Crippen molar-refractivity contribution in [2.24, 2.45) is 10.2 Å². The van der Waals surface area contributed by atoms with E-state index in [1.165, 1.54) is 6.92 Å². The Morgan fingerprint density at radius 2 is 1.53 bits per heavy atom. The summed E-state index contributed by atoms with van der Waals surface area (Å²) < 4.78 is 15.9. The fraction of sp³-hybridized carbons (Fsp3) is 0.304. The van der Waals surface area contributed by atoms with E-state index in [1.807, 2.05) is 54.6 Å². The number of nitrogens with zero attached hydrogens (tertiary/aromatic N) is 2. The summed E-state index contributed by atoms with van der Waals surface area (Å²) >= 11 is 0. The molecule has 0 radical (unpaired) electrons. The van der Waals surface area contributed by atoms with E-state index < -0.39 is 17.7 Å². The lowest BCUT2D eigenvalue weighted by Crippen LogP contribution is -2.21. The van der Waals surface area contributed by atoms with Gasteiger partial charge in [0.1, 0.15) is 24.6 Å². The fourth-order valence-electron chi connectivity index (χ4n) is 2.22. The van der Waals surface area contributed by atoms with Gasteiger partial charge in [0, 0.05) is 6.08 Å². The average Bonchev–Trinajstić information content (AvgIpc) is 2.69. The van der Waals surface area contributed by atoms with Gasteiger partial charge >= 0.3 is 12.1 Å². The van der Waals surface area contributed by atoms with Crippen LogP contribution in [0.15, 0.2) is 76.6 Å². The molecule has 30 heavy (non-hydrogen) atoms. The van der Waals surface area contributed by atoms with Crippen LogP contribution >= 0.6 is 0 Å². The molecule has 0 heterocycles. The summed E-state index contributed by atoms with van der Waals surface area (Å²) in [5.41, 5.74) is 1.48. The Morgan fingerprint density at radius 1 is 0.900 bits per heavy atom. The molecule has 0 fully saturated rings. The number of azo groups is 1. The molecule has 0 atom stereocenters. The number of carbonyl (C=O) groups excluding carboxylic acids is 2. The maximum atomic E-state index is 11.9. The fourth-order valence-corrected chi connectivity index (χ4v) is 2.22. The Kier molecular flexibility index (Phi) is 8.29. The second-order valence-electron chi connectivity index (χ2n) is 7.49. The number of hydrogen-bond acceptors (Lipinski definition) is 6. The molecule has 2 aromatic rings. The van der Waals surface area contributed by atoms with Crippen molar-refractivity contribution in [3.63, 3.8) is 0 Å². The first-order chi connectivity index (χ1) is 14.2. The predicted molar refractivity (Wildman–Crippen MR) is 112 cm³/mol. The van der Waals surface area contributed by atoms with E-state index in [0.717, 1.165) is 23.0 Å². The first-order valence-electron chi connectivity index (χ1n) is 9.47. The molecule has 0 spiro atoms. The highest BCUT2D eigenvalue weighted by molar-refractivity contribution is 5.82. The summed E-state index contributed by atoms with van der Waals surface area (Å²) in [5.74, 6) is 0.146. The monoisotopic (exact) mass is 410 g/mol. The summed E-state index contributed by atoms with van der Waals surface area (Å²) in [6.07, 6.45) is 0.337. The number of benzene rings is 2. The smallest absolute Gasteiger partial charge is 0.452 e. The van der Waals surface area contributed by atoms with Crippen LogP contribution in [0.25, 0.3) is 0 Å². The van der Waals surface area contributed by atoms with Crippen LogP contribution in [0.3, 0.4) is 0 Å². The van der Waals surface area contributed by atoms with Crippen LogP contribution in [0.2, 0.25) is 0 Å². The minimum absolute atomic E-state index is 0.102. The number of ether oxygens (including phenoxy) is 3. The van der Waals surface area contributed by atoms with Gasteiger partial charge < -0.3 is 14.2 Å². The molecule has 0 aliphatic rings. The zero-order chi connectivity index (χ0) is 22.0. The molecule has 0 N–H and O–H groups in total. The summed E-state index contributed by atoms with van der Waals surface area (Å²) in [4.78, 5) is 23.4. The summed E-state index contributed by atoms with van der Waals surface area (Å²) in [6.45, 7) is 7.29. The van der Waals surface area contributed by atoms with Crippen LogP contribution in [-0.2, 0) is 27.5 Å². The molecule has 0 aliphatic heterocycles. The minimum atomic E-state index is -0.821. The molecular weight excluding hydrogens is 384 g/mol. The van der Waals surface area contributed by atoms with E-state index in [9.17, 15) is 9.59 Å². The molecule has 0 aromatic heterocycles. The largest absolute Gasteiger partial charge is 0.489 e. The van der Waals surface area contributed by atoms with Gasteiger partial charge in [0.25, 0.3) is 0 Å². The highest BCUT2D eigenvalue weighted by atomic mass is 16.6. The third-order valence-corrected chi connectivity index (χ3v) is 3.56. The van der Waals surface area contributed by atoms with E-state index in [2.05, 4.69) is 10.2 Å². The Balaban J connectivity index is 1.78. The van der Waals surface area contributed by atoms with Crippen molar-refractivity contribution >= 4 is 12.1 Å². The first-order valence-corrected chi connectivity index (χ1v) is 9.47. The van der Waals surface area contributed by atoms with Crippen molar-refractivity contribution in [1.82, 2.24) is 0 Å². The van der Waals surface area contributed by atoms with Gasteiger partial charge in [-0.15, -0.1) is 5.11 Å². The lowest BCUT2D eigenvalue weighted by Gasteiger charge is -2.16. The minimum Gasteiger partial charge on any atom is -0.489 e. The summed E-state index contributed by atoms with van der Waals surface area (Å²) in [5, 5.41) is 7.06. The molecule has 1 amide bonds. The number of esters is 1. The van der Waals surface area contributed by atoms with Gasteiger partial charge in [-0.05, 0) is 51.0 Å². The number of hydrogen-bond donors (Lipinski definition) is 0. The Labute approximate surface area is 176 Å². The number of carbonyl (C=O) groups is 2. The van der Waals surface area contributed by atoms with Crippen LogP contribution in [-0.4, -0.2) is 17.7 Å². The van der Waals surface area contributed by atoms with E-state index in [1.54, 1.807) is 20.8 Å². The zero-order valence-corrected chi connectivity index (χ0v) is 17.6. The average molecular weight is 410 g/mol. The quantitative estimate of drug-likeness (QED) is 0.337. The molecule has 0 aliphatic carbocycles. The number of rotatable bonds is 7. The van der Waals surface area contributed by atoms with E-state index in [4.69, 9.17) is 14.2 Å². The lowest BCUT2D eigenvalue weighted by atomic mass is 10.2. The number of amides is 1. The molecule has 0 unspecified atom stereocenters. The Morgan fingerprint density at radius 3 is 2.17 bits per heavy atom. The molecular formula is C23H26N2O5. The molecule has 7 heteroatoms. The molecule has 7 nitrogen and oxygen atoms in total. The van der Waals surface area contributed by atoms with Crippen LogP contribution in [0, 0.1) is 0 Å². The third kappa shape index (κ3) is 9.14. The summed E-state index contributed by atoms with van der Waals surface area (Å²) in [6, 6.07) is 17.2. The molecule has 0 bridgehead atoms. The molecule has 0 saturated carbocycles. The Hall–Kier alpha value is -3.48. The van der Waals surface area contributed by atoms with E-state index in [-0.39, 0.29) is 12.3 Å². The predicted octanol–water partition coefficient (Wildman–Crippen LogP) is 5.60. The van der Waals surface area contributed by atoms with Gasteiger partial charge in [-0.1, -0.05) is 47.6 Å².